The van der Waals surface area contributed by atoms with Crippen molar-refractivity contribution in [1.82, 2.24) is 14.6 Å². The van der Waals surface area contributed by atoms with Crippen LogP contribution in [0, 0.1) is 0 Å². The van der Waals surface area contributed by atoms with E-state index in [0.717, 1.165) is 5.56 Å². The van der Waals surface area contributed by atoms with E-state index in [1.54, 1.807) is 24.4 Å². The SMILES string of the molecule is O=C(O)c1cnn2ccc(-c3ccc(Cl)cc3)nc12. The number of rotatable bonds is 2. The molecule has 0 aliphatic heterocycles. The lowest BCUT2D eigenvalue weighted by molar-refractivity contribution is 0.0699. The summed E-state index contributed by atoms with van der Waals surface area (Å²) in [4.78, 5) is 15.4. The standard InChI is InChI=1S/C13H8ClN3O2/c14-9-3-1-8(2-4-9)11-5-6-17-12(16-11)10(7-15-17)13(18)19/h1-7H,(H,18,19). The van der Waals surface area contributed by atoms with E-state index >= 15 is 0 Å². The van der Waals surface area contributed by atoms with E-state index in [9.17, 15) is 4.79 Å². The number of aromatic carboxylic acids is 1. The van der Waals surface area contributed by atoms with Crippen molar-refractivity contribution in [3.63, 3.8) is 0 Å². The first kappa shape index (κ1) is 11.7. The third kappa shape index (κ3) is 2.04. The van der Waals surface area contributed by atoms with Crippen molar-refractivity contribution in [2.24, 2.45) is 0 Å². The fourth-order valence-electron chi connectivity index (χ4n) is 1.80. The number of hydrogen-bond acceptors (Lipinski definition) is 3. The van der Waals surface area contributed by atoms with E-state index < -0.39 is 5.97 Å². The highest BCUT2D eigenvalue weighted by molar-refractivity contribution is 6.30. The van der Waals surface area contributed by atoms with Crippen molar-refractivity contribution in [2.45, 2.75) is 0 Å². The smallest absolute Gasteiger partial charge is 0.341 e. The third-order valence-corrected chi connectivity index (χ3v) is 2.99. The number of halogens is 1. The fraction of sp³-hybridized carbons (Fsp3) is 0. The Morgan fingerprint density at radius 3 is 2.63 bits per heavy atom. The topological polar surface area (TPSA) is 67.5 Å². The molecule has 0 saturated heterocycles. The molecular formula is C13H8ClN3O2. The van der Waals surface area contributed by atoms with Gasteiger partial charge in [-0.1, -0.05) is 23.7 Å². The van der Waals surface area contributed by atoms with Gasteiger partial charge in [0.2, 0.25) is 0 Å². The van der Waals surface area contributed by atoms with Gasteiger partial charge in [-0.3, -0.25) is 0 Å². The number of carboxylic acids is 1. The van der Waals surface area contributed by atoms with Gasteiger partial charge in [-0.2, -0.15) is 5.10 Å². The lowest BCUT2D eigenvalue weighted by Gasteiger charge is -2.02. The van der Waals surface area contributed by atoms with Crippen LogP contribution in [-0.2, 0) is 0 Å². The van der Waals surface area contributed by atoms with E-state index in [2.05, 4.69) is 10.1 Å². The first-order valence-electron chi connectivity index (χ1n) is 5.49. The molecule has 0 saturated carbocycles. The van der Waals surface area contributed by atoms with Gasteiger partial charge in [-0.25, -0.2) is 14.3 Å². The molecule has 6 heteroatoms. The Balaban J connectivity index is 2.17. The molecule has 3 aromatic rings. The highest BCUT2D eigenvalue weighted by atomic mass is 35.5. The van der Waals surface area contributed by atoms with Gasteiger partial charge >= 0.3 is 5.97 Å². The van der Waals surface area contributed by atoms with Gasteiger partial charge in [0, 0.05) is 16.8 Å². The Hall–Kier alpha value is -2.40. The van der Waals surface area contributed by atoms with Crippen LogP contribution in [-0.4, -0.2) is 25.7 Å². The molecule has 2 heterocycles. The summed E-state index contributed by atoms with van der Waals surface area (Å²) in [5.74, 6) is -1.05. The molecule has 1 N–H and O–H groups in total. The van der Waals surface area contributed by atoms with Crippen molar-refractivity contribution in [1.29, 1.82) is 0 Å². The average molecular weight is 274 g/mol. The predicted molar refractivity (Wildman–Crippen MR) is 70.4 cm³/mol. The molecule has 5 nitrogen and oxygen atoms in total. The second-order valence-corrected chi connectivity index (χ2v) is 4.39. The monoisotopic (exact) mass is 273 g/mol. The number of aromatic nitrogens is 3. The Morgan fingerprint density at radius 2 is 1.95 bits per heavy atom. The first-order chi connectivity index (χ1) is 9.15. The highest BCUT2D eigenvalue weighted by Gasteiger charge is 2.13. The molecule has 0 spiro atoms. The summed E-state index contributed by atoms with van der Waals surface area (Å²) >= 11 is 5.83. The van der Waals surface area contributed by atoms with Gasteiger partial charge < -0.3 is 5.11 Å². The fourth-order valence-corrected chi connectivity index (χ4v) is 1.93. The molecule has 0 bridgehead atoms. The van der Waals surface area contributed by atoms with Crippen molar-refractivity contribution < 1.29 is 9.90 Å². The Labute approximate surface area is 113 Å². The van der Waals surface area contributed by atoms with Crippen LogP contribution in [0.5, 0.6) is 0 Å². The van der Waals surface area contributed by atoms with Gasteiger partial charge in [0.15, 0.2) is 5.65 Å². The van der Waals surface area contributed by atoms with E-state index in [-0.39, 0.29) is 5.56 Å². The zero-order chi connectivity index (χ0) is 13.4. The Kier molecular flexibility index (Phi) is 2.68. The van der Waals surface area contributed by atoms with Gasteiger partial charge in [0.1, 0.15) is 5.56 Å². The van der Waals surface area contributed by atoms with Crippen molar-refractivity contribution in [2.75, 3.05) is 0 Å². The summed E-state index contributed by atoms with van der Waals surface area (Å²) in [6.07, 6.45) is 2.97. The maximum absolute atomic E-state index is 11.1. The highest BCUT2D eigenvalue weighted by Crippen LogP contribution is 2.21. The average Bonchev–Trinajstić information content (AvgIpc) is 2.82. The Bertz CT molecular complexity index is 765. The number of carboxylic acid groups (broad SMARTS) is 1. The molecule has 0 atom stereocenters. The van der Waals surface area contributed by atoms with Crippen LogP contribution in [0.25, 0.3) is 16.9 Å². The zero-order valence-electron chi connectivity index (χ0n) is 9.62. The van der Waals surface area contributed by atoms with Gasteiger partial charge in [-0.15, -0.1) is 0 Å². The van der Waals surface area contributed by atoms with Crippen LogP contribution in [0.1, 0.15) is 10.4 Å². The summed E-state index contributed by atoms with van der Waals surface area (Å²) in [6, 6.07) is 8.96. The van der Waals surface area contributed by atoms with Crippen molar-refractivity contribution in [3.8, 4) is 11.3 Å². The first-order valence-corrected chi connectivity index (χ1v) is 5.86. The minimum Gasteiger partial charge on any atom is -0.477 e. The normalized spacial score (nSPS) is 10.8. The quantitative estimate of drug-likeness (QED) is 0.779. The predicted octanol–water partition coefficient (Wildman–Crippen LogP) is 2.75. The van der Waals surface area contributed by atoms with E-state index in [1.807, 2.05) is 12.1 Å². The third-order valence-electron chi connectivity index (χ3n) is 2.74. The largest absolute Gasteiger partial charge is 0.477 e. The molecule has 0 unspecified atom stereocenters. The number of benzene rings is 1. The van der Waals surface area contributed by atoms with Gasteiger partial charge in [0.05, 0.1) is 11.9 Å². The van der Waals surface area contributed by atoms with Crippen LogP contribution in [0.15, 0.2) is 42.7 Å². The van der Waals surface area contributed by atoms with Crippen LogP contribution >= 0.6 is 11.6 Å². The molecule has 94 valence electrons. The summed E-state index contributed by atoms with van der Waals surface area (Å²) in [7, 11) is 0. The van der Waals surface area contributed by atoms with Crippen molar-refractivity contribution in [3.05, 3.63) is 53.3 Å². The van der Waals surface area contributed by atoms with Crippen LogP contribution in [0.2, 0.25) is 5.02 Å². The number of carbonyl (C=O) groups is 1. The maximum Gasteiger partial charge on any atom is 0.341 e. The number of hydrogen-bond donors (Lipinski definition) is 1. The second kappa shape index (κ2) is 4.37. The van der Waals surface area contributed by atoms with Crippen LogP contribution in [0.4, 0.5) is 0 Å². The molecule has 1 aromatic carbocycles. The van der Waals surface area contributed by atoms with Crippen LogP contribution < -0.4 is 0 Å². The summed E-state index contributed by atoms with van der Waals surface area (Å²) in [5, 5.41) is 13.6. The second-order valence-electron chi connectivity index (χ2n) is 3.95. The van der Waals surface area contributed by atoms with Crippen molar-refractivity contribution >= 4 is 23.2 Å². The molecule has 0 amide bonds. The molecule has 0 aliphatic carbocycles. The van der Waals surface area contributed by atoms with E-state index in [0.29, 0.717) is 16.4 Å². The number of nitrogens with zero attached hydrogens (tertiary/aromatic N) is 3. The molecule has 3 rings (SSSR count). The molecule has 0 fully saturated rings. The molecule has 2 aromatic heterocycles. The Morgan fingerprint density at radius 1 is 1.21 bits per heavy atom. The zero-order valence-corrected chi connectivity index (χ0v) is 10.4. The molecule has 19 heavy (non-hydrogen) atoms. The summed E-state index contributed by atoms with van der Waals surface area (Å²) in [6.45, 7) is 0. The molecular weight excluding hydrogens is 266 g/mol. The minimum absolute atomic E-state index is 0.0795. The molecule has 0 aliphatic rings. The maximum atomic E-state index is 11.1. The van der Waals surface area contributed by atoms with Gasteiger partial charge in [-0.05, 0) is 18.2 Å². The lowest BCUT2D eigenvalue weighted by Crippen LogP contribution is -1.98. The lowest BCUT2D eigenvalue weighted by atomic mass is 10.1. The minimum atomic E-state index is -1.05. The van der Waals surface area contributed by atoms with E-state index in [4.69, 9.17) is 16.7 Å². The summed E-state index contributed by atoms with van der Waals surface area (Å²) in [5.41, 5.74) is 1.94. The van der Waals surface area contributed by atoms with E-state index in [1.165, 1.54) is 10.7 Å². The number of fused-ring (bicyclic) bond motifs is 1. The van der Waals surface area contributed by atoms with Gasteiger partial charge in [0.25, 0.3) is 0 Å². The summed E-state index contributed by atoms with van der Waals surface area (Å²) < 4.78 is 1.43. The molecule has 0 radical (unpaired) electrons. The van der Waals surface area contributed by atoms with Crippen LogP contribution in [0.3, 0.4) is 0 Å².